The molecule has 0 spiro atoms. The molecule has 0 saturated heterocycles. The van der Waals surface area contributed by atoms with Crippen LogP contribution in [0.25, 0.3) is 0 Å². The molecule has 1 aromatic heterocycles. The van der Waals surface area contributed by atoms with Crippen LogP contribution in [0.5, 0.6) is 0 Å². The molecule has 1 fully saturated rings. The minimum absolute atomic E-state index is 0.0452. The van der Waals surface area contributed by atoms with Gasteiger partial charge in [0.25, 0.3) is 5.91 Å². The van der Waals surface area contributed by atoms with Crippen LogP contribution in [-0.4, -0.2) is 29.2 Å². The third kappa shape index (κ3) is 3.16. The average Bonchev–Trinajstić information content (AvgIpc) is 2.54. The maximum absolute atomic E-state index is 12.1. The van der Waals surface area contributed by atoms with Crippen LogP contribution < -0.4 is 0 Å². The van der Waals surface area contributed by atoms with E-state index in [2.05, 4.69) is 15.9 Å². The van der Waals surface area contributed by atoms with Gasteiger partial charge in [-0.1, -0.05) is 39.1 Å². The van der Waals surface area contributed by atoms with Crippen molar-refractivity contribution in [3.05, 3.63) is 20.3 Å². The molecular weight excluding hydrogens is 345 g/mol. The summed E-state index contributed by atoms with van der Waals surface area (Å²) < 4.78 is 1.02. The van der Waals surface area contributed by atoms with E-state index in [1.807, 2.05) is 7.05 Å². The number of alkyl halides is 1. The van der Waals surface area contributed by atoms with Crippen molar-refractivity contribution < 1.29 is 4.79 Å². The molecule has 0 atom stereocenters. The first-order valence-corrected chi connectivity index (χ1v) is 7.80. The smallest absolute Gasteiger partial charge is 0.256 e. The Morgan fingerprint density at radius 3 is 2.71 bits per heavy atom. The molecule has 2 rings (SSSR count). The Morgan fingerprint density at radius 1 is 1.59 bits per heavy atom. The second kappa shape index (κ2) is 5.47. The molecule has 1 aliphatic carbocycles. The molecule has 0 N–H and O–H groups in total. The fourth-order valence-electron chi connectivity index (χ4n) is 1.97. The number of amides is 1. The van der Waals surface area contributed by atoms with E-state index in [1.165, 1.54) is 11.3 Å². The van der Waals surface area contributed by atoms with Gasteiger partial charge < -0.3 is 4.90 Å². The second-order valence-electron chi connectivity index (χ2n) is 4.36. The molecule has 1 aliphatic rings. The van der Waals surface area contributed by atoms with Gasteiger partial charge in [0.1, 0.15) is 4.34 Å². The summed E-state index contributed by atoms with van der Waals surface area (Å²) in [6.07, 6.45) is 2.27. The van der Waals surface area contributed by atoms with Crippen LogP contribution in [0.2, 0.25) is 8.67 Å². The zero-order valence-electron chi connectivity index (χ0n) is 9.25. The summed E-state index contributed by atoms with van der Waals surface area (Å²) in [7, 11) is 1.81. The maximum atomic E-state index is 12.1. The van der Waals surface area contributed by atoms with Crippen LogP contribution in [0.4, 0.5) is 0 Å². The standard InChI is InChI=1S/C11H12BrCl2NOS/c1-15(5-6-2-7(12)3-6)11(16)8-4-9(13)17-10(8)14/h4,6-7H,2-3,5H2,1H3. The summed E-state index contributed by atoms with van der Waals surface area (Å²) in [5.41, 5.74) is 0.513. The molecule has 94 valence electrons. The summed E-state index contributed by atoms with van der Waals surface area (Å²) in [4.78, 5) is 14.5. The van der Waals surface area contributed by atoms with Crippen molar-refractivity contribution in [3.8, 4) is 0 Å². The van der Waals surface area contributed by atoms with E-state index in [0.717, 1.165) is 19.4 Å². The number of carbonyl (C=O) groups excluding carboxylic acids is 1. The molecule has 0 radical (unpaired) electrons. The fourth-order valence-corrected chi connectivity index (χ4v) is 4.47. The van der Waals surface area contributed by atoms with Crippen LogP contribution >= 0.6 is 50.5 Å². The van der Waals surface area contributed by atoms with Crippen molar-refractivity contribution in [2.75, 3.05) is 13.6 Å². The highest BCUT2D eigenvalue weighted by atomic mass is 79.9. The van der Waals surface area contributed by atoms with Gasteiger partial charge in [0, 0.05) is 18.4 Å². The van der Waals surface area contributed by atoms with Gasteiger partial charge in [0.2, 0.25) is 0 Å². The van der Waals surface area contributed by atoms with Crippen molar-refractivity contribution in [2.24, 2.45) is 5.92 Å². The Bertz CT molecular complexity index is 431. The van der Waals surface area contributed by atoms with E-state index >= 15 is 0 Å². The van der Waals surface area contributed by atoms with Crippen molar-refractivity contribution in [1.29, 1.82) is 0 Å². The van der Waals surface area contributed by atoms with E-state index in [4.69, 9.17) is 23.2 Å². The maximum Gasteiger partial charge on any atom is 0.256 e. The molecule has 6 heteroatoms. The van der Waals surface area contributed by atoms with Gasteiger partial charge in [0.05, 0.1) is 9.90 Å². The molecule has 2 nitrogen and oxygen atoms in total. The SMILES string of the molecule is CN(CC1CC(Br)C1)C(=O)c1cc(Cl)sc1Cl. The van der Waals surface area contributed by atoms with Crippen molar-refractivity contribution in [2.45, 2.75) is 17.7 Å². The minimum atomic E-state index is -0.0452. The zero-order valence-corrected chi connectivity index (χ0v) is 13.2. The lowest BCUT2D eigenvalue weighted by Crippen LogP contribution is -2.37. The first-order chi connectivity index (χ1) is 7.97. The van der Waals surface area contributed by atoms with E-state index in [0.29, 0.717) is 25.0 Å². The van der Waals surface area contributed by atoms with E-state index < -0.39 is 0 Å². The van der Waals surface area contributed by atoms with Crippen LogP contribution in [-0.2, 0) is 0 Å². The number of rotatable bonds is 3. The molecule has 0 bridgehead atoms. The Morgan fingerprint density at radius 2 is 2.24 bits per heavy atom. The molecule has 0 aliphatic heterocycles. The molecule has 1 heterocycles. The molecule has 0 aromatic carbocycles. The van der Waals surface area contributed by atoms with Crippen LogP contribution in [0.3, 0.4) is 0 Å². The first-order valence-electron chi connectivity index (χ1n) is 5.31. The highest BCUT2D eigenvalue weighted by Crippen LogP contribution is 2.35. The monoisotopic (exact) mass is 355 g/mol. The van der Waals surface area contributed by atoms with Gasteiger partial charge in [-0.2, -0.15) is 0 Å². The minimum Gasteiger partial charge on any atom is -0.341 e. The zero-order chi connectivity index (χ0) is 12.6. The van der Waals surface area contributed by atoms with Gasteiger partial charge >= 0.3 is 0 Å². The van der Waals surface area contributed by atoms with Gasteiger partial charge in [0.15, 0.2) is 0 Å². The molecule has 1 amide bonds. The van der Waals surface area contributed by atoms with Crippen LogP contribution in [0.15, 0.2) is 6.07 Å². The third-order valence-corrected chi connectivity index (χ3v) is 5.18. The molecule has 1 aromatic rings. The van der Waals surface area contributed by atoms with Gasteiger partial charge in [-0.25, -0.2) is 0 Å². The molecule has 17 heavy (non-hydrogen) atoms. The Balaban J connectivity index is 1.97. The average molecular weight is 357 g/mol. The predicted molar refractivity (Wildman–Crippen MR) is 76.7 cm³/mol. The van der Waals surface area contributed by atoms with Crippen molar-refractivity contribution >= 4 is 56.4 Å². The number of halogens is 3. The summed E-state index contributed by atoms with van der Waals surface area (Å²) >= 11 is 16.6. The van der Waals surface area contributed by atoms with E-state index in [1.54, 1.807) is 11.0 Å². The predicted octanol–water partition coefficient (Wildman–Crippen LogP) is 4.30. The molecule has 0 unspecified atom stereocenters. The summed E-state index contributed by atoms with van der Waals surface area (Å²) in [5, 5.41) is 0. The first kappa shape index (κ1) is 13.7. The summed E-state index contributed by atoms with van der Waals surface area (Å²) in [6, 6.07) is 1.64. The normalized spacial score (nSPS) is 23.3. The Hall–Kier alpha value is 0.230. The lowest BCUT2D eigenvalue weighted by Gasteiger charge is -2.34. The largest absolute Gasteiger partial charge is 0.341 e. The fraction of sp³-hybridized carbons (Fsp3) is 0.545. The van der Waals surface area contributed by atoms with Gasteiger partial charge in [-0.05, 0) is 24.8 Å². The Labute approximate surface area is 123 Å². The third-order valence-electron chi connectivity index (χ3n) is 2.94. The number of carbonyl (C=O) groups is 1. The number of thiophene rings is 1. The van der Waals surface area contributed by atoms with Crippen LogP contribution in [0, 0.1) is 5.92 Å². The van der Waals surface area contributed by atoms with Gasteiger partial charge in [-0.3, -0.25) is 4.79 Å². The Kier molecular flexibility index (Phi) is 4.40. The number of hydrogen-bond donors (Lipinski definition) is 0. The number of nitrogens with zero attached hydrogens (tertiary/aromatic N) is 1. The van der Waals surface area contributed by atoms with Crippen molar-refractivity contribution in [1.82, 2.24) is 4.90 Å². The van der Waals surface area contributed by atoms with E-state index in [9.17, 15) is 4.79 Å². The summed E-state index contributed by atoms with van der Waals surface area (Å²) in [6.45, 7) is 0.782. The quantitative estimate of drug-likeness (QED) is 0.739. The highest BCUT2D eigenvalue weighted by Gasteiger charge is 2.29. The number of hydrogen-bond acceptors (Lipinski definition) is 2. The highest BCUT2D eigenvalue weighted by molar-refractivity contribution is 9.09. The van der Waals surface area contributed by atoms with E-state index in [-0.39, 0.29) is 5.91 Å². The molecule has 1 saturated carbocycles. The topological polar surface area (TPSA) is 20.3 Å². The van der Waals surface area contributed by atoms with Crippen LogP contribution in [0.1, 0.15) is 23.2 Å². The lowest BCUT2D eigenvalue weighted by molar-refractivity contribution is 0.0749. The van der Waals surface area contributed by atoms with Crippen molar-refractivity contribution in [3.63, 3.8) is 0 Å². The summed E-state index contributed by atoms with van der Waals surface area (Å²) in [5.74, 6) is 0.553. The van der Waals surface area contributed by atoms with Gasteiger partial charge in [-0.15, -0.1) is 11.3 Å². The molecular formula is C11H12BrCl2NOS. The second-order valence-corrected chi connectivity index (χ2v) is 7.94. The lowest BCUT2D eigenvalue weighted by atomic mass is 9.85.